The number of ether oxygens (including phenoxy) is 1. The summed E-state index contributed by atoms with van der Waals surface area (Å²) < 4.78 is 46.8. The van der Waals surface area contributed by atoms with E-state index in [1.165, 1.54) is 29.2 Å². The van der Waals surface area contributed by atoms with Gasteiger partial charge in [0.2, 0.25) is 0 Å². The number of benzene rings is 1. The number of rotatable bonds is 5. The Morgan fingerprint density at radius 2 is 2.17 bits per heavy atom. The number of nitrogens with zero attached hydrogens (tertiary/aromatic N) is 3. The van der Waals surface area contributed by atoms with Crippen LogP contribution >= 0.6 is 11.6 Å². The van der Waals surface area contributed by atoms with Crippen LogP contribution in [0.15, 0.2) is 41.9 Å². The van der Waals surface area contributed by atoms with Crippen molar-refractivity contribution in [2.45, 2.75) is 32.5 Å². The molecule has 1 heterocycles. The molecule has 0 saturated heterocycles. The molecular weight excluding hydrogens is 343 g/mol. The third-order valence-electron chi connectivity index (χ3n) is 3.39. The Hall–Kier alpha value is -1.86. The van der Waals surface area contributed by atoms with Crippen LogP contribution in [0.1, 0.15) is 25.8 Å². The van der Waals surface area contributed by atoms with E-state index in [-0.39, 0.29) is 23.4 Å². The van der Waals surface area contributed by atoms with Crippen molar-refractivity contribution >= 4 is 23.1 Å². The molecule has 0 aliphatic rings. The molecule has 130 valence electrons. The van der Waals surface area contributed by atoms with Crippen LogP contribution in [-0.2, 0) is 10.9 Å². The van der Waals surface area contributed by atoms with Gasteiger partial charge in [-0.05, 0) is 31.5 Å². The second kappa shape index (κ2) is 7.81. The Bertz CT molecular complexity index is 699. The molecule has 2 aromatic rings. The topological polar surface area (TPSA) is 39.4 Å². The van der Waals surface area contributed by atoms with Gasteiger partial charge < -0.3 is 4.74 Å². The lowest BCUT2D eigenvalue weighted by Gasteiger charge is -2.15. The molecule has 1 aromatic carbocycles. The molecule has 8 heteroatoms. The molecule has 0 fully saturated rings. The summed E-state index contributed by atoms with van der Waals surface area (Å²) in [5.41, 5.74) is -1.11. The molecule has 4 nitrogen and oxygen atoms in total. The first-order chi connectivity index (χ1) is 11.3. The largest absolute Gasteiger partial charge is 0.418 e. The molecule has 1 unspecified atom stereocenters. The van der Waals surface area contributed by atoms with E-state index in [2.05, 4.69) is 9.98 Å². The first-order valence-corrected chi connectivity index (χ1v) is 7.73. The predicted molar refractivity (Wildman–Crippen MR) is 86.9 cm³/mol. The lowest BCUT2D eigenvalue weighted by molar-refractivity contribution is -0.137. The first kappa shape index (κ1) is 18.5. The van der Waals surface area contributed by atoms with Gasteiger partial charge in [-0.15, -0.1) is 0 Å². The average Bonchev–Trinajstić information content (AvgIpc) is 3.05. The molecule has 0 saturated carbocycles. The van der Waals surface area contributed by atoms with Crippen molar-refractivity contribution < 1.29 is 17.9 Å². The van der Waals surface area contributed by atoms with Crippen LogP contribution in [0.3, 0.4) is 0 Å². The molecule has 0 amide bonds. The van der Waals surface area contributed by atoms with Crippen molar-refractivity contribution in [2.24, 2.45) is 4.99 Å². The SMILES string of the molecule is CCC(C)OCC(=Nc1ccc(Cl)cc1C(F)(F)F)n1ccnc1. The zero-order chi connectivity index (χ0) is 17.7. The summed E-state index contributed by atoms with van der Waals surface area (Å²) in [6, 6.07) is 3.48. The maximum absolute atomic E-state index is 13.2. The number of aromatic nitrogens is 2. The van der Waals surface area contributed by atoms with Gasteiger partial charge in [-0.25, -0.2) is 9.98 Å². The molecular formula is C16H17ClF3N3O. The fraction of sp³-hybridized carbons (Fsp3) is 0.375. The third kappa shape index (κ3) is 4.82. The van der Waals surface area contributed by atoms with Gasteiger partial charge in [-0.2, -0.15) is 13.2 Å². The Balaban J connectivity index is 2.43. The number of aliphatic imine (C=N–C) groups is 1. The number of hydrogen-bond acceptors (Lipinski definition) is 3. The molecule has 0 bridgehead atoms. The number of halogens is 4. The Labute approximate surface area is 142 Å². The van der Waals surface area contributed by atoms with Gasteiger partial charge in [0.25, 0.3) is 0 Å². The van der Waals surface area contributed by atoms with Crippen molar-refractivity contribution in [1.29, 1.82) is 0 Å². The molecule has 2 rings (SSSR count). The highest BCUT2D eigenvalue weighted by molar-refractivity contribution is 6.30. The van der Waals surface area contributed by atoms with Crippen LogP contribution in [0.4, 0.5) is 18.9 Å². The van der Waals surface area contributed by atoms with Crippen molar-refractivity contribution in [2.75, 3.05) is 6.61 Å². The van der Waals surface area contributed by atoms with E-state index in [1.807, 2.05) is 13.8 Å². The minimum absolute atomic E-state index is 0.00121. The molecule has 0 radical (unpaired) electrons. The van der Waals surface area contributed by atoms with Gasteiger partial charge in [0.05, 0.1) is 17.4 Å². The zero-order valence-electron chi connectivity index (χ0n) is 13.2. The summed E-state index contributed by atoms with van der Waals surface area (Å²) in [5.74, 6) is 0.306. The maximum Gasteiger partial charge on any atom is 0.418 e. The van der Waals surface area contributed by atoms with Gasteiger partial charge in [-0.3, -0.25) is 4.57 Å². The van der Waals surface area contributed by atoms with Gasteiger partial charge in [0, 0.05) is 17.4 Å². The Morgan fingerprint density at radius 1 is 1.42 bits per heavy atom. The number of imidazole rings is 1. The quantitative estimate of drug-likeness (QED) is 0.559. The average molecular weight is 360 g/mol. The Kier molecular flexibility index (Phi) is 6.01. The van der Waals surface area contributed by atoms with Crippen LogP contribution in [0.5, 0.6) is 0 Å². The summed E-state index contributed by atoms with van der Waals surface area (Å²) in [6.45, 7) is 3.90. The fourth-order valence-electron chi connectivity index (χ4n) is 1.88. The van der Waals surface area contributed by atoms with Crippen LogP contribution in [0.25, 0.3) is 0 Å². The van der Waals surface area contributed by atoms with Crippen molar-refractivity contribution in [3.8, 4) is 0 Å². The third-order valence-corrected chi connectivity index (χ3v) is 3.62. The van der Waals surface area contributed by atoms with Gasteiger partial charge in [0.15, 0.2) is 0 Å². The fourth-order valence-corrected chi connectivity index (χ4v) is 2.05. The summed E-state index contributed by atoms with van der Waals surface area (Å²) in [4.78, 5) is 8.05. The molecule has 0 aliphatic carbocycles. The molecule has 0 N–H and O–H groups in total. The highest BCUT2D eigenvalue weighted by Gasteiger charge is 2.34. The second-order valence-electron chi connectivity index (χ2n) is 5.19. The second-order valence-corrected chi connectivity index (χ2v) is 5.62. The van der Waals surface area contributed by atoms with Gasteiger partial charge in [-0.1, -0.05) is 18.5 Å². The van der Waals surface area contributed by atoms with E-state index in [0.717, 1.165) is 12.5 Å². The monoisotopic (exact) mass is 359 g/mol. The molecule has 24 heavy (non-hydrogen) atoms. The van der Waals surface area contributed by atoms with Crippen LogP contribution in [-0.4, -0.2) is 28.1 Å². The normalized spacial score (nSPS) is 14.0. The lowest BCUT2D eigenvalue weighted by atomic mass is 10.1. The Morgan fingerprint density at radius 3 is 2.75 bits per heavy atom. The van der Waals surface area contributed by atoms with E-state index in [4.69, 9.17) is 16.3 Å². The maximum atomic E-state index is 13.2. The van der Waals surface area contributed by atoms with Crippen LogP contribution in [0.2, 0.25) is 5.02 Å². The minimum Gasteiger partial charge on any atom is -0.371 e. The van der Waals surface area contributed by atoms with E-state index in [1.54, 1.807) is 6.20 Å². The lowest BCUT2D eigenvalue weighted by Crippen LogP contribution is -2.21. The highest BCUT2D eigenvalue weighted by atomic mass is 35.5. The summed E-state index contributed by atoms with van der Waals surface area (Å²) in [5, 5.41) is 0.00121. The summed E-state index contributed by atoms with van der Waals surface area (Å²) in [7, 11) is 0. The van der Waals surface area contributed by atoms with Gasteiger partial charge >= 0.3 is 6.18 Å². The van der Waals surface area contributed by atoms with Crippen molar-refractivity contribution in [3.63, 3.8) is 0 Å². The number of alkyl halides is 3. The summed E-state index contributed by atoms with van der Waals surface area (Å²) in [6.07, 6.45) is 0.772. The van der Waals surface area contributed by atoms with Gasteiger partial charge in [0.1, 0.15) is 18.8 Å². The summed E-state index contributed by atoms with van der Waals surface area (Å²) >= 11 is 5.69. The molecule has 1 aromatic heterocycles. The van der Waals surface area contributed by atoms with E-state index >= 15 is 0 Å². The zero-order valence-corrected chi connectivity index (χ0v) is 14.0. The van der Waals surface area contributed by atoms with Crippen molar-refractivity contribution in [3.05, 3.63) is 47.5 Å². The molecule has 0 spiro atoms. The highest BCUT2D eigenvalue weighted by Crippen LogP contribution is 2.38. The van der Waals surface area contributed by atoms with Crippen molar-refractivity contribution in [1.82, 2.24) is 9.55 Å². The minimum atomic E-state index is -4.55. The molecule has 0 aliphatic heterocycles. The standard InChI is InChI=1S/C16H17ClF3N3O/c1-3-11(2)24-9-15(23-7-6-21-10-23)22-14-5-4-12(17)8-13(14)16(18,19)20/h4-8,10-11H,3,9H2,1-2H3. The van der Waals surface area contributed by atoms with Crippen LogP contribution in [0, 0.1) is 0 Å². The molecule has 1 atom stereocenters. The predicted octanol–water partition coefficient (Wildman–Crippen LogP) is 4.95. The van der Waals surface area contributed by atoms with Crippen LogP contribution < -0.4 is 0 Å². The smallest absolute Gasteiger partial charge is 0.371 e. The van der Waals surface area contributed by atoms with E-state index in [0.29, 0.717) is 5.84 Å². The van der Waals surface area contributed by atoms with E-state index < -0.39 is 11.7 Å². The first-order valence-electron chi connectivity index (χ1n) is 7.35. The van der Waals surface area contributed by atoms with E-state index in [9.17, 15) is 13.2 Å². The number of hydrogen-bond donors (Lipinski definition) is 0.